The van der Waals surface area contributed by atoms with Gasteiger partial charge in [-0.15, -0.1) is 11.3 Å². The minimum absolute atomic E-state index is 0.0441. The summed E-state index contributed by atoms with van der Waals surface area (Å²) in [6.45, 7) is 4.18. The molecule has 0 fully saturated rings. The summed E-state index contributed by atoms with van der Waals surface area (Å²) in [6.07, 6.45) is 1.84. The van der Waals surface area contributed by atoms with E-state index in [0.717, 1.165) is 4.88 Å². The van der Waals surface area contributed by atoms with Gasteiger partial charge in [-0.05, 0) is 25.0 Å². The minimum Gasteiger partial charge on any atom is -0.320 e. The fourth-order valence-electron chi connectivity index (χ4n) is 1.63. The monoisotopic (exact) mass is 218 g/mol. The van der Waals surface area contributed by atoms with Crippen molar-refractivity contribution in [1.82, 2.24) is 4.98 Å². The van der Waals surface area contributed by atoms with Crippen molar-refractivity contribution >= 4 is 11.3 Å². The highest BCUT2D eigenvalue weighted by molar-refractivity contribution is 7.09. The first-order chi connectivity index (χ1) is 7.18. The summed E-state index contributed by atoms with van der Waals surface area (Å²) in [5.41, 5.74) is 11.7. The van der Waals surface area contributed by atoms with Crippen LogP contribution in [0.3, 0.4) is 0 Å². The Labute approximate surface area is 93.8 Å². The number of nitrogens with zero attached hydrogens (tertiary/aromatic N) is 1. The number of thiazole rings is 1. The molecule has 2 aromatic rings. The van der Waals surface area contributed by atoms with Crippen LogP contribution < -0.4 is 5.73 Å². The number of rotatable bonds is 2. The quantitative estimate of drug-likeness (QED) is 0.841. The summed E-state index contributed by atoms with van der Waals surface area (Å²) >= 11 is 1.60. The first kappa shape index (κ1) is 10.3. The van der Waals surface area contributed by atoms with Gasteiger partial charge in [-0.25, -0.2) is 0 Å². The van der Waals surface area contributed by atoms with Crippen LogP contribution in [0.15, 0.2) is 29.9 Å². The van der Waals surface area contributed by atoms with Crippen LogP contribution in [0.5, 0.6) is 0 Å². The van der Waals surface area contributed by atoms with Crippen molar-refractivity contribution in [3.63, 3.8) is 0 Å². The average molecular weight is 218 g/mol. The highest BCUT2D eigenvalue weighted by Crippen LogP contribution is 2.25. The summed E-state index contributed by atoms with van der Waals surface area (Å²) < 4.78 is 0. The Morgan fingerprint density at radius 2 is 2.13 bits per heavy atom. The highest BCUT2D eigenvalue weighted by atomic mass is 32.1. The van der Waals surface area contributed by atoms with Gasteiger partial charge in [-0.2, -0.15) is 0 Å². The van der Waals surface area contributed by atoms with Crippen LogP contribution in [0.2, 0.25) is 0 Å². The molecule has 0 aliphatic carbocycles. The summed E-state index contributed by atoms with van der Waals surface area (Å²) in [4.78, 5) is 5.17. The molecule has 1 heterocycles. The van der Waals surface area contributed by atoms with Crippen molar-refractivity contribution in [2.24, 2.45) is 5.73 Å². The van der Waals surface area contributed by atoms with Crippen LogP contribution in [-0.4, -0.2) is 4.98 Å². The Balaban J connectivity index is 2.41. The molecule has 1 aromatic carbocycles. The molecule has 15 heavy (non-hydrogen) atoms. The molecule has 1 aromatic heterocycles. The zero-order valence-corrected chi connectivity index (χ0v) is 9.71. The summed E-state index contributed by atoms with van der Waals surface area (Å²) in [5, 5.41) is 0. The van der Waals surface area contributed by atoms with Crippen molar-refractivity contribution in [2.45, 2.75) is 19.9 Å². The lowest BCUT2D eigenvalue weighted by molar-refractivity contribution is 0.876. The van der Waals surface area contributed by atoms with E-state index >= 15 is 0 Å². The molecule has 0 spiro atoms. The molecule has 0 saturated heterocycles. The van der Waals surface area contributed by atoms with Crippen LogP contribution in [0, 0.1) is 13.8 Å². The highest BCUT2D eigenvalue weighted by Gasteiger charge is 2.12. The Morgan fingerprint density at radius 1 is 1.33 bits per heavy atom. The molecule has 0 bridgehead atoms. The fraction of sp³-hybridized carbons (Fsp3) is 0.250. The van der Waals surface area contributed by atoms with Gasteiger partial charge in [0.25, 0.3) is 0 Å². The molecule has 2 N–H and O–H groups in total. The van der Waals surface area contributed by atoms with E-state index in [1.54, 1.807) is 11.3 Å². The van der Waals surface area contributed by atoms with Gasteiger partial charge in [-0.1, -0.05) is 23.8 Å². The van der Waals surface area contributed by atoms with Crippen molar-refractivity contribution in [1.29, 1.82) is 0 Å². The predicted molar refractivity (Wildman–Crippen MR) is 64.1 cm³/mol. The third-order valence-electron chi connectivity index (χ3n) is 2.53. The average Bonchev–Trinajstić information content (AvgIpc) is 2.74. The largest absolute Gasteiger partial charge is 0.320 e. The van der Waals surface area contributed by atoms with E-state index in [9.17, 15) is 0 Å². The third-order valence-corrected chi connectivity index (χ3v) is 3.39. The lowest BCUT2D eigenvalue weighted by Crippen LogP contribution is -2.11. The number of nitrogens with two attached hydrogens (primary N) is 1. The van der Waals surface area contributed by atoms with Crippen molar-refractivity contribution in [3.05, 3.63) is 51.5 Å². The Morgan fingerprint density at radius 3 is 2.80 bits per heavy atom. The first-order valence-corrected chi connectivity index (χ1v) is 5.77. The molecule has 1 unspecified atom stereocenters. The van der Waals surface area contributed by atoms with E-state index < -0.39 is 0 Å². The molecule has 0 amide bonds. The Hall–Kier alpha value is -1.19. The van der Waals surface area contributed by atoms with Gasteiger partial charge >= 0.3 is 0 Å². The molecule has 2 nitrogen and oxygen atoms in total. The van der Waals surface area contributed by atoms with E-state index in [1.165, 1.54) is 16.7 Å². The zero-order valence-electron chi connectivity index (χ0n) is 8.90. The molecular weight excluding hydrogens is 204 g/mol. The fourth-order valence-corrected chi connectivity index (χ4v) is 2.27. The van der Waals surface area contributed by atoms with Gasteiger partial charge < -0.3 is 5.73 Å². The lowest BCUT2D eigenvalue weighted by Gasteiger charge is -2.13. The second-order valence-corrected chi connectivity index (χ2v) is 4.66. The second-order valence-electron chi connectivity index (χ2n) is 3.74. The molecule has 0 radical (unpaired) electrons. The maximum absolute atomic E-state index is 6.20. The standard InChI is InChI=1S/C12H14N2S/c1-8-3-4-9(2)10(5-8)12(13)11-6-14-7-15-11/h3-7,12H,13H2,1-2H3. The normalized spacial score (nSPS) is 12.7. The molecule has 1 atom stereocenters. The van der Waals surface area contributed by atoms with E-state index in [1.807, 2.05) is 11.7 Å². The number of benzene rings is 1. The number of hydrogen-bond donors (Lipinski definition) is 1. The molecule has 0 aliphatic heterocycles. The van der Waals surface area contributed by atoms with Crippen LogP contribution in [-0.2, 0) is 0 Å². The third kappa shape index (κ3) is 2.08. The van der Waals surface area contributed by atoms with Crippen molar-refractivity contribution in [2.75, 3.05) is 0 Å². The van der Waals surface area contributed by atoms with Gasteiger partial charge in [0, 0.05) is 11.1 Å². The van der Waals surface area contributed by atoms with Gasteiger partial charge in [0.2, 0.25) is 0 Å². The molecule has 0 aliphatic rings. The molecular formula is C12H14N2S. The maximum atomic E-state index is 6.20. The SMILES string of the molecule is Cc1ccc(C)c(C(N)c2cncs2)c1. The molecule has 2 rings (SSSR count). The van der Waals surface area contributed by atoms with Crippen LogP contribution >= 0.6 is 11.3 Å². The Kier molecular flexibility index (Phi) is 2.84. The second kappa shape index (κ2) is 4.13. The van der Waals surface area contributed by atoms with Crippen LogP contribution in [0.25, 0.3) is 0 Å². The van der Waals surface area contributed by atoms with Gasteiger partial charge in [0.05, 0.1) is 11.6 Å². The van der Waals surface area contributed by atoms with Gasteiger partial charge in [0.15, 0.2) is 0 Å². The smallest absolute Gasteiger partial charge is 0.0794 e. The van der Waals surface area contributed by atoms with E-state index in [2.05, 4.69) is 37.0 Å². The topological polar surface area (TPSA) is 38.9 Å². The number of aryl methyl sites for hydroxylation is 2. The van der Waals surface area contributed by atoms with Crippen LogP contribution in [0.1, 0.15) is 27.6 Å². The number of hydrogen-bond acceptors (Lipinski definition) is 3. The van der Waals surface area contributed by atoms with Crippen LogP contribution in [0.4, 0.5) is 0 Å². The first-order valence-electron chi connectivity index (χ1n) is 4.89. The Bertz CT molecular complexity index is 449. The molecule has 3 heteroatoms. The van der Waals surface area contributed by atoms with Crippen molar-refractivity contribution in [3.8, 4) is 0 Å². The van der Waals surface area contributed by atoms with E-state index in [0.29, 0.717) is 0 Å². The zero-order chi connectivity index (χ0) is 10.8. The van der Waals surface area contributed by atoms with E-state index in [4.69, 9.17) is 5.73 Å². The van der Waals surface area contributed by atoms with Gasteiger partial charge in [0.1, 0.15) is 0 Å². The summed E-state index contributed by atoms with van der Waals surface area (Å²) in [5.74, 6) is 0. The minimum atomic E-state index is -0.0441. The number of aromatic nitrogens is 1. The molecule has 78 valence electrons. The van der Waals surface area contributed by atoms with Crippen molar-refractivity contribution < 1.29 is 0 Å². The summed E-state index contributed by atoms with van der Waals surface area (Å²) in [6, 6.07) is 6.33. The maximum Gasteiger partial charge on any atom is 0.0794 e. The summed E-state index contributed by atoms with van der Waals surface area (Å²) in [7, 11) is 0. The van der Waals surface area contributed by atoms with E-state index in [-0.39, 0.29) is 6.04 Å². The van der Waals surface area contributed by atoms with Gasteiger partial charge in [-0.3, -0.25) is 4.98 Å². The predicted octanol–water partition coefficient (Wildman–Crippen LogP) is 2.81. The molecule has 0 saturated carbocycles. The lowest BCUT2D eigenvalue weighted by atomic mass is 9.99.